The molecule has 17 heteroatoms. The van der Waals surface area contributed by atoms with Crippen LogP contribution in [0.25, 0.3) is 20.9 Å². The Kier molecular flexibility index (Phi) is 35.1. The van der Waals surface area contributed by atoms with Crippen LogP contribution in [-0.4, -0.2) is 73.7 Å². The molecule has 0 saturated heterocycles. The molecular formula is C33H59N8NaO6S2. The van der Waals surface area contributed by atoms with Gasteiger partial charge in [0.25, 0.3) is 0 Å². The summed E-state index contributed by atoms with van der Waals surface area (Å²) in [4.78, 5) is 30.7. The Morgan fingerprint density at radius 2 is 1.20 bits per heavy atom. The summed E-state index contributed by atoms with van der Waals surface area (Å²) in [6, 6.07) is 18.6. The molecule has 50 heavy (non-hydrogen) atoms. The van der Waals surface area contributed by atoms with Crippen molar-refractivity contribution in [2.75, 3.05) is 33.4 Å². The minimum absolute atomic E-state index is 0. The fourth-order valence-corrected chi connectivity index (χ4v) is 3.43. The van der Waals surface area contributed by atoms with Gasteiger partial charge in [0.05, 0.1) is 38.5 Å². The molecule has 0 aliphatic carbocycles. The topological polar surface area (TPSA) is 184 Å². The molecule has 0 saturated carbocycles. The number of likely N-dealkylation sites (N-methyl/N-ethyl adjacent to an activating group) is 1. The zero-order valence-corrected chi connectivity index (χ0v) is 33.3. The molecule has 14 nitrogen and oxygen atoms in total. The number of benzene rings is 2. The fraction of sp³-hybridized carbons (Fsp3) is 0.576. The molecule has 2 amide bonds. The quantitative estimate of drug-likeness (QED) is 0.111. The van der Waals surface area contributed by atoms with Crippen molar-refractivity contribution in [2.45, 2.75) is 92.9 Å². The Morgan fingerprint density at radius 1 is 0.780 bits per heavy atom. The van der Waals surface area contributed by atoms with Gasteiger partial charge in [-0.3, -0.25) is 0 Å². The van der Waals surface area contributed by atoms with Gasteiger partial charge in [-0.25, -0.2) is 9.59 Å². The standard InChI is InChI=1S/C16H24N4O3.C15H22N4O3.2CH4.Na.2H2S.H/c1-16(2,3)23-15(21)20(4)14(10-18-19-17)12-22-11-13-8-6-5-7-9-13;1-15(2,3)22-14(20)18-13(9-17-19-16)11-21-10-12-7-5-4-6-8-12;;;;;;/h5-9,14H,10-12H2,1-4H3;4-8,13H,9-11H2,1-3H3,(H,18,20);2*1H4;;2*1H2;/q;;;;+1;;;-1/t14-;13-;;;;;;/m00....../s1. The summed E-state index contributed by atoms with van der Waals surface area (Å²) in [7, 11) is 1.61. The third kappa shape index (κ3) is 29.0. The number of hydrogen-bond acceptors (Lipinski definition) is 8. The Morgan fingerprint density at radius 3 is 1.62 bits per heavy atom. The van der Waals surface area contributed by atoms with Gasteiger partial charge in [0.2, 0.25) is 0 Å². The van der Waals surface area contributed by atoms with E-state index in [1.54, 1.807) is 48.6 Å². The number of rotatable bonds is 14. The largest absolute Gasteiger partial charge is 1.00 e. The first-order valence-electron chi connectivity index (χ1n) is 14.4. The molecule has 2 aromatic carbocycles. The molecule has 2 rings (SSSR count). The smallest absolute Gasteiger partial charge is 1.00 e. The van der Waals surface area contributed by atoms with E-state index in [1.165, 1.54) is 4.90 Å². The molecule has 2 atom stereocenters. The summed E-state index contributed by atoms with van der Waals surface area (Å²) in [5.74, 6) is 0. The van der Waals surface area contributed by atoms with E-state index in [4.69, 9.17) is 30.0 Å². The number of ether oxygens (including phenoxy) is 4. The molecule has 0 unspecified atom stereocenters. The van der Waals surface area contributed by atoms with Crippen LogP contribution in [0.15, 0.2) is 70.9 Å². The third-order valence-corrected chi connectivity index (χ3v) is 5.52. The van der Waals surface area contributed by atoms with Crippen molar-refractivity contribution in [1.82, 2.24) is 10.2 Å². The van der Waals surface area contributed by atoms with Gasteiger partial charge in [-0.15, -0.1) is 0 Å². The fourth-order valence-electron chi connectivity index (χ4n) is 3.43. The van der Waals surface area contributed by atoms with Crippen molar-refractivity contribution in [1.29, 1.82) is 0 Å². The molecule has 1 N–H and O–H groups in total. The average molecular weight is 751 g/mol. The first-order valence-corrected chi connectivity index (χ1v) is 14.4. The normalized spacial score (nSPS) is 10.9. The molecule has 0 aliphatic rings. The van der Waals surface area contributed by atoms with Crippen molar-refractivity contribution >= 4 is 39.2 Å². The maximum atomic E-state index is 12.1. The average Bonchev–Trinajstić information content (AvgIpc) is 2.97. The van der Waals surface area contributed by atoms with E-state index < -0.39 is 29.4 Å². The molecule has 280 valence electrons. The monoisotopic (exact) mass is 750 g/mol. The van der Waals surface area contributed by atoms with E-state index >= 15 is 0 Å². The van der Waals surface area contributed by atoms with E-state index in [9.17, 15) is 9.59 Å². The number of nitrogens with zero attached hydrogens (tertiary/aromatic N) is 7. The van der Waals surface area contributed by atoms with E-state index in [1.807, 2.05) is 60.7 Å². The van der Waals surface area contributed by atoms with Crippen LogP contribution in [0.4, 0.5) is 9.59 Å². The minimum Gasteiger partial charge on any atom is -1.00 e. The Bertz CT molecular complexity index is 1270. The van der Waals surface area contributed by atoms with Crippen LogP contribution < -0.4 is 34.9 Å². The number of carbonyl (C=O) groups excluding carboxylic acids is 2. The Hall–Kier alpha value is -2.78. The van der Waals surface area contributed by atoms with Crippen LogP contribution in [0.3, 0.4) is 0 Å². The number of azide groups is 2. The molecule has 0 fully saturated rings. The first-order chi connectivity index (χ1) is 21.2. The second kappa shape index (κ2) is 31.0. The van der Waals surface area contributed by atoms with Crippen LogP contribution in [0, 0.1) is 0 Å². The van der Waals surface area contributed by atoms with E-state index in [0.29, 0.717) is 13.2 Å². The van der Waals surface area contributed by atoms with Crippen molar-refractivity contribution in [3.05, 3.63) is 92.7 Å². The van der Waals surface area contributed by atoms with Crippen LogP contribution in [0.1, 0.15) is 68.9 Å². The first kappa shape index (κ1) is 56.6. The van der Waals surface area contributed by atoms with Crippen molar-refractivity contribution in [3.63, 3.8) is 0 Å². The number of nitrogens with one attached hydrogen (secondary N) is 1. The van der Waals surface area contributed by atoms with Crippen LogP contribution >= 0.6 is 27.0 Å². The van der Waals surface area contributed by atoms with E-state index in [-0.39, 0.29) is 105 Å². The third-order valence-electron chi connectivity index (χ3n) is 5.52. The molecule has 0 radical (unpaired) electrons. The summed E-state index contributed by atoms with van der Waals surface area (Å²) >= 11 is 0. The van der Waals surface area contributed by atoms with Gasteiger partial charge in [-0.1, -0.05) is 85.7 Å². The van der Waals surface area contributed by atoms with Gasteiger partial charge in [-0.2, -0.15) is 27.0 Å². The van der Waals surface area contributed by atoms with Gasteiger partial charge in [0, 0.05) is 30.0 Å². The van der Waals surface area contributed by atoms with Crippen LogP contribution in [-0.2, 0) is 32.2 Å². The van der Waals surface area contributed by atoms with Crippen molar-refractivity contribution < 1.29 is 59.5 Å². The Balaban J connectivity index is -0.000000178. The van der Waals surface area contributed by atoms with Crippen LogP contribution in [0.5, 0.6) is 0 Å². The number of hydrogen-bond donors (Lipinski definition) is 1. The van der Waals surface area contributed by atoms with Crippen molar-refractivity contribution in [3.8, 4) is 0 Å². The van der Waals surface area contributed by atoms with Gasteiger partial charge in [0.15, 0.2) is 0 Å². The van der Waals surface area contributed by atoms with Crippen LogP contribution in [0.2, 0.25) is 0 Å². The number of alkyl carbamates (subject to hydrolysis) is 1. The zero-order valence-electron chi connectivity index (χ0n) is 30.3. The summed E-state index contributed by atoms with van der Waals surface area (Å²) in [5.41, 5.74) is 17.8. The zero-order chi connectivity index (χ0) is 33.7. The second-order valence-electron chi connectivity index (χ2n) is 11.9. The maximum Gasteiger partial charge on any atom is 1.00 e. The molecule has 0 bridgehead atoms. The van der Waals surface area contributed by atoms with E-state index in [0.717, 1.165) is 11.1 Å². The van der Waals surface area contributed by atoms with Crippen molar-refractivity contribution in [2.24, 2.45) is 10.2 Å². The summed E-state index contributed by atoms with van der Waals surface area (Å²) in [5, 5.41) is 9.67. The number of amides is 2. The molecule has 0 spiro atoms. The predicted molar refractivity (Wildman–Crippen MR) is 207 cm³/mol. The van der Waals surface area contributed by atoms with Gasteiger partial charge < -0.3 is 30.6 Å². The molecule has 0 aliphatic heterocycles. The van der Waals surface area contributed by atoms with E-state index in [2.05, 4.69) is 25.4 Å². The van der Waals surface area contributed by atoms with Gasteiger partial charge in [-0.05, 0) is 63.7 Å². The minimum atomic E-state index is -0.585. The Labute approximate surface area is 336 Å². The molecular weight excluding hydrogens is 692 g/mol. The number of carbonyl (C=O) groups is 2. The summed E-state index contributed by atoms with van der Waals surface area (Å²) < 4.78 is 21.7. The predicted octanol–water partition coefficient (Wildman–Crippen LogP) is 5.77. The second-order valence-corrected chi connectivity index (χ2v) is 11.9. The molecule has 0 heterocycles. The SMILES string of the molecule is C.C.CC(C)(C)OC(=O)N[C@@H](CN=[N+]=[N-])COCc1ccccc1.CN(C(=O)OC(C)(C)C)[C@@H](CN=[N+]=[N-])COCc1ccccc1.S.S.[H-].[Na+]. The summed E-state index contributed by atoms with van der Waals surface area (Å²) in [6.07, 6.45) is -1.03. The van der Waals surface area contributed by atoms with Gasteiger partial charge in [0.1, 0.15) is 11.2 Å². The van der Waals surface area contributed by atoms with Gasteiger partial charge >= 0.3 is 41.7 Å². The molecule has 2 aromatic rings. The maximum absolute atomic E-state index is 12.1. The summed E-state index contributed by atoms with van der Waals surface area (Å²) in [6.45, 7) is 12.3. The molecule has 0 aromatic heterocycles.